The minimum Gasteiger partial charge on any atom is -0.496 e. The van der Waals surface area contributed by atoms with Crippen molar-refractivity contribution in [1.82, 2.24) is 29.4 Å². The molecule has 0 radical (unpaired) electrons. The number of hydrogen-bond acceptors (Lipinski definition) is 17. The molecule has 1 saturated heterocycles. The smallest absolute Gasteiger partial charge is 0.341 e. The molecule has 2 heterocycles. The molecule has 2 aromatic carbocycles. The van der Waals surface area contributed by atoms with Gasteiger partial charge in [-0.05, 0) is 136 Å². The molecule has 78 heavy (non-hydrogen) atoms. The average molecular weight is 1100 g/mol. The summed E-state index contributed by atoms with van der Waals surface area (Å²) in [5, 5.41) is 41.6. The Morgan fingerprint density at radius 2 is 1.36 bits per heavy atom. The Balaban J connectivity index is 1.04. The molecule has 0 aromatic heterocycles. The third-order valence-corrected chi connectivity index (χ3v) is 16.9. The lowest BCUT2D eigenvalue weighted by molar-refractivity contribution is -0.147. The maximum absolute atomic E-state index is 13.9. The third kappa shape index (κ3) is 17.0. The molecule has 21 heteroatoms. The maximum atomic E-state index is 13.9. The average Bonchev–Trinajstić information content (AvgIpc) is 3.99. The van der Waals surface area contributed by atoms with Crippen molar-refractivity contribution in [2.45, 2.75) is 82.6 Å². The fourth-order valence-corrected chi connectivity index (χ4v) is 12.7. The largest absolute Gasteiger partial charge is 0.496 e. The number of anilines is 1. The van der Waals surface area contributed by atoms with Crippen molar-refractivity contribution in [3.05, 3.63) is 53.6 Å². The molecule has 2 bridgehead atoms. The van der Waals surface area contributed by atoms with Crippen molar-refractivity contribution in [1.29, 1.82) is 5.41 Å². The van der Waals surface area contributed by atoms with Crippen LogP contribution in [-0.4, -0.2) is 224 Å². The van der Waals surface area contributed by atoms with Crippen LogP contribution >= 0.6 is 11.8 Å². The van der Waals surface area contributed by atoms with Crippen LogP contribution in [0, 0.1) is 29.1 Å². The fraction of sp³-hybridized carbons (Fsp3) is 0.632. The van der Waals surface area contributed by atoms with E-state index in [0.717, 1.165) is 67.1 Å². The zero-order valence-corrected chi connectivity index (χ0v) is 47.9. The Morgan fingerprint density at radius 3 is 1.90 bits per heavy atom. The van der Waals surface area contributed by atoms with Gasteiger partial charge < -0.3 is 44.6 Å². The van der Waals surface area contributed by atoms with Crippen LogP contribution in [0.25, 0.3) is 5.70 Å². The zero-order chi connectivity index (χ0) is 56.7. The second kappa shape index (κ2) is 29.0. The van der Waals surface area contributed by atoms with E-state index in [2.05, 4.69) is 63.2 Å². The van der Waals surface area contributed by atoms with Gasteiger partial charge in [0.1, 0.15) is 17.2 Å². The van der Waals surface area contributed by atoms with E-state index in [4.69, 9.17) is 19.2 Å². The molecule has 430 valence electrons. The van der Waals surface area contributed by atoms with E-state index in [-0.39, 0.29) is 67.4 Å². The van der Waals surface area contributed by atoms with Crippen molar-refractivity contribution in [3.8, 4) is 11.5 Å². The van der Waals surface area contributed by atoms with Crippen LogP contribution in [-0.2, 0) is 28.7 Å². The number of cyclic esters (lactones) is 1. The number of esters is 1. The number of benzene rings is 2. The van der Waals surface area contributed by atoms with Crippen molar-refractivity contribution in [2.75, 3.05) is 138 Å². The molecule has 5 N–H and O–H groups in total. The van der Waals surface area contributed by atoms with E-state index in [1.165, 1.54) is 6.42 Å². The topological polar surface area (TPSA) is 241 Å². The van der Waals surface area contributed by atoms with E-state index in [0.29, 0.717) is 93.5 Å². The minimum absolute atomic E-state index is 0.0160. The summed E-state index contributed by atoms with van der Waals surface area (Å²) < 4.78 is 17.7. The van der Waals surface area contributed by atoms with Gasteiger partial charge in [0, 0.05) is 76.5 Å². The Bertz CT molecular complexity index is 2430. The van der Waals surface area contributed by atoms with Gasteiger partial charge in [0.2, 0.25) is 11.8 Å². The molecule has 1 spiro atoms. The monoisotopic (exact) mass is 1100 g/mol. The first-order valence-electron chi connectivity index (χ1n) is 27.5. The molecule has 2 aliphatic carbocycles. The molecule has 2 aromatic rings. The predicted octanol–water partition coefficient (Wildman–Crippen LogP) is 5.82. The van der Waals surface area contributed by atoms with Gasteiger partial charge in [-0.25, -0.2) is 9.79 Å². The number of amides is 1. The van der Waals surface area contributed by atoms with Crippen molar-refractivity contribution < 1.29 is 53.5 Å². The summed E-state index contributed by atoms with van der Waals surface area (Å²) in [6.45, 7) is 13.0. The van der Waals surface area contributed by atoms with Gasteiger partial charge in [0.15, 0.2) is 5.54 Å². The fourth-order valence-electron chi connectivity index (χ4n) is 11.8. The summed E-state index contributed by atoms with van der Waals surface area (Å²) >= 11 is 1.79. The van der Waals surface area contributed by atoms with Crippen molar-refractivity contribution in [2.24, 2.45) is 28.7 Å². The van der Waals surface area contributed by atoms with Crippen LogP contribution < -0.4 is 14.8 Å². The summed E-state index contributed by atoms with van der Waals surface area (Å²) in [5.74, 6) is -0.0912. The number of methoxy groups -OCH3 is 2. The third-order valence-electron chi connectivity index (χ3n) is 15.8. The second-order valence-electron chi connectivity index (χ2n) is 22.1. The summed E-state index contributed by atoms with van der Waals surface area (Å²) in [6.07, 6.45) is 7.33. The number of thioether (sulfide) groups is 1. The Labute approximate surface area is 465 Å². The van der Waals surface area contributed by atoms with Crippen LogP contribution in [0.15, 0.2) is 52.4 Å². The number of hydrogen-bond donors (Lipinski definition) is 5. The van der Waals surface area contributed by atoms with E-state index >= 15 is 0 Å². The quantitative estimate of drug-likeness (QED) is 0.0340. The molecule has 5 unspecified atom stereocenters. The van der Waals surface area contributed by atoms with E-state index in [1.54, 1.807) is 58.7 Å². The highest BCUT2D eigenvalue weighted by Gasteiger charge is 2.60. The first kappa shape index (κ1) is 61.6. The number of fused-ring (bicyclic) bond motifs is 3. The molecule has 3 fully saturated rings. The van der Waals surface area contributed by atoms with Gasteiger partial charge in [-0.2, -0.15) is 0 Å². The van der Waals surface area contributed by atoms with Gasteiger partial charge in [0.05, 0.1) is 51.7 Å². The highest BCUT2D eigenvalue weighted by Crippen LogP contribution is 2.54. The van der Waals surface area contributed by atoms with Crippen LogP contribution in [0.2, 0.25) is 0 Å². The number of carbonyl (C=O) groups is 5. The summed E-state index contributed by atoms with van der Waals surface area (Å²) in [4.78, 5) is 79.7. The number of rotatable bonds is 25. The highest BCUT2D eigenvalue weighted by atomic mass is 32.2. The predicted molar refractivity (Wildman–Crippen MR) is 303 cm³/mol. The zero-order valence-electron chi connectivity index (χ0n) is 47.1. The SMILES string of the molecule is COc1cccc(OC)c1/C(=C/C(=N)C1=NC2(C(=O)O1)C(C)CC1CC(C)CC2C1)Nc1ccc(SCCCN(C)CCCN(C)C(=O)CN2CCN(CC(=O)O)CCN(CC(=O)O)CCN(CC(=O)O)CC2)cc1C(C)C. The molecule has 6 rings (SSSR count). The lowest BCUT2D eigenvalue weighted by atomic mass is 9.56. The van der Waals surface area contributed by atoms with Crippen molar-refractivity contribution >= 4 is 64.5 Å². The number of carboxylic acid groups (broad SMARTS) is 3. The van der Waals surface area contributed by atoms with Crippen LogP contribution in [0.1, 0.15) is 83.3 Å². The molecule has 5 atom stereocenters. The number of ether oxygens (including phenoxy) is 3. The first-order valence-corrected chi connectivity index (χ1v) is 28.5. The molecule has 20 nitrogen and oxygen atoms in total. The standard InChI is InChI=1S/C57H85N9O11S/c1-38(2)44-32-43(14-15-46(44)59-47(54-48(75-7)12-9-13-49(54)76-8)33-45(58)55-60-57(56(74)77-55)40(4)30-41-28-39(3)29-42(57)31-41)78-27-11-17-61(5)16-10-18-62(6)50(67)34-63-19-21-64(35-51(68)69)23-25-66(37-53(72)73)26-24-65(22-20-63)36-52(70)71/h9,12-15,32-33,38-42,58-59H,10-11,16-31,34-37H2,1-8H3,(H,68,69)(H,70,71)(H,72,73)/b47-33-,58-45?. The van der Waals surface area contributed by atoms with Crippen LogP contribution in [0.3, 0.4) is 0 Å². The maximum Gasteiger partial charge on any atom is 0.341 e. The number of likely N-dealkylation sites (N-methyl/N-ethyl adjacent to an activating group) is 1. The van der Waals surface area contributed by atoms with Gasteiger partial charge in [-0.1, -0.05) is 33.8 Å². The lowest BCUT2D eigenvalue weighted by Gasteiger charge is -2.48. The van der Waals surface area contributed by atoms with E-state index < -0.39 is 23.4 Å². The van der Waals surface area contributed by atoms with Gasteiger partial charge >= 0.3 is 23.9 Å². The summed E-state index contributed by atoms with van der Waals surface area (Å²) in [5.41, 5.74) is 2.09. The number of carbonyl (C=O) groups excluding carboxylic acids is 2. The number of carboxylic acids is 3. The Hall–Kier alpha value is -5.58. The molecular weight excluding hydrogens is 1020 g/mol. The molecule has 4 aliphatic rings. The number of nitrogens with one attached hydrogen (secondary N) is 2. The van der Waals surface area contributed by atoms with Gasteiger partial charge in [0.25, 0.3) is 0 Å². The lowest BCUT2D eigenvalue weighted by Crippen LogP contribution is -2.54. The Morgan fingerprint density at radius 1 is 0.808 bits per heavy atom. The van der Waals surface area contributed by atoms with E-state index in [9.17, 15) is 44.7 Å². The highest BCUT2D eigenvalue weighted by molar-refractivity contribution is 7.99. The van der Waals surface area contributed by atoms with Crippen LogP contribution in [0.5, 0.6) is 11.5 Å². The van der Waals surface area contributed by atoms with Gasteiger partial charge in [-0.3, -0.25) is 44.2 Å². The van der Waals surface area contributed by atoms with Crippen LogP contribution in [0.4, 0.5) is 5.69 Å². The molecular formula is C57H85N9O11S. The molecule has 1 amide bonds. The Kier molecular flexibility index (Phi) is 23.0. The molecule has 2 aliphatic heterocycles. The second-order valence-corrected chi connectivity index (χ2v) is 23.3. The van der Waals surface area contributed by atoms with E-state index in [1.807, 2.05) is 23.1 Å². The number of nitrogens with zero attached hydrogens (tertiary/aromatic N) is 7. The summed E-state index contributed by atoms with van der Waals surface area (Å²) in [7, 11) is 7.06. The first-order chi connectivity index (χ1) is 37.2. The normalized spacial score (nSPS) is 23.1. The number of aliphatic imine (C=N–C) groups is 1. The van der Waals surface area contributed by atoms with Crippen molar-refractivity contribution in [3.63, 3.8) is 0 Å². The number of aliphatic carboxylic acids is 3. The summed E-state index contributed by atoms with van der Waals surface area (Å²) in [6, 6.07) is 11.9. The van der Waals surface area contributed by atoms with Gasteiger partial charge in [-0.15, -0.1) is 11.8 Å². The minimum atomic E-state index is -1.01. The molecule has 2 saturated carbocycles.